The topological polar surface area (TPSA) is 9.23 Å². The minimum absolute atomic E-state index is 0.136. The fourth-order valence-electron chi connectivity index (χ4n) is 1.99. The predicted octanol–water partition coefficient (Wildman–Crippen LogP) is 5.42. The van der Waals surface area contributed by atoms with E-state index < -0.39 is 0 Å². The Morgan fingerprint density at radius 3 is 2.32 bits per heavy atom. The first-order valence-corrected chi connectivity index (χ1v) is 7.15. The molecule has 0 unspecified atom stereocenters. The van der Waals surface area contributed by atoms with Gasteiger partial charge in [-0.2, -0.15) is 0 Å². The monoisotopic (exact) mass is 318 g/mol. The number of ether oxygens (including phenoxy) is 1. The third-order valence-electron chi connectivity index (χ3n) is 3.17. The lowest BCUT2D eigenvalue weighted by molar-refractivity contribution is 0.415. The van der Waals surface area contributed by atoms with Crippen molar-refractivity contribution in [2.24, 2.45) is 0 Å². The molecule has 0 amide bonds. The Hall–Kier alpha value is -1.28. The molecule has 0 saturated heterocycles. The molecule has 0 aliphatic heterocycles. The Kier molecular flexibility index (Phi) is 4.00. The van der Waals surface area contributed by atoms with Crippen LogP contribution in [0.1, 0.15) is 26.3 Å². The summed E-state index contributed by atoms with van der Waals surface area (Å²) in [5.74, 6) is 0.884. The molecular weight excluding hydrogens is 300 g/mol. The van der Waals surface area contributed by atoms with Crippen LogP contribution in [0.3, 0.4) is 0 Å². The van der Waals surface area contributed by atoms with Crippen LogP contribution >= 0.6 is 15.9 Å². The number of halogens is 1. The maximum atomic E-state index is 5.29. The quantitative estimate of drug-likeness (QED) is 0.718. The lowest BCUT2D eigenvalue weighted by atomic mass is 9.85. The Morgan fingerprint density at radius 1 is 0.947 bits per heavy atom. The number of rotatable bonds is 2. The van der Waals surface area contributed by atoms with Crippen LogP contribution in [-0.4, -0.2) is 7.11 Å². The first-order valence-electron chi connectivity index (χ1n) is 6.35. The number of hydrogen-bond acceptors (Lipinski definition) is 1. The van der Waals surface area contributed by atoms with Gasteiger partial charge >= 0.3 is 0 Å². The van der Waals surface area contributed by atoms with Gasteiger partial charge in [0, 0.05) is 4.47 Å². The zero-order valence-electron chi connectivity index (χ0n) is 11.8. The van der Waals surface area contributed by atoms with Crippen molar-refractivity contribution in [1.82, 2.24) is 0 Å². The molecule has 2 rings (SSSR count). The van der Waals surface area contributed by atoms with Crippen molar-refractivity contribution in [1.29, 1.82) is 0 Å². The van der Waals surface area contributed by atoms with E-state index in [1.54, 1.807) is 7.11 Å². The van der Waals surface area contributed by atoms with Gasteiger partial charge in [-0.05, 0) is 46.4 Å². The molecule has 0 aliphatic carbocycles. The second kappa shape index (κ2) is 5.38. The average molecular weight is 319 g/mol. The molecule has 2 aromatic rings. The summed E-state index contributed by atoms with van der Waals surface area (Å²) in [6.45, 7) is 6.68. The zero-order chi connectivity index (χ0) is 14.0. The fraction of sp³-hybridized carbons (Fsp3) is 0.294. The maximum absolute atomic E-state index is 5.29. The highest BCUT2D eigenvalue weighted by Gasteiger charge is 2.15. The predicted molar refractivity (Wildman–Crippen MR) is 84.8 cm³/mol. The van der Waals surface area contributed by atoms with Gasteiger partial charge in [0.15, 0.2) is 0 Å². The van der Waals surface area contributed by atoms with Crippen LogP contribution < -0.4 is 4.74 Å². The number of benzene rings is 2. The summed E-state index contributed by atoms with van der Waals surface area (Å²) in [6, 6.07) is 14.7. The van der Waals surface area contributed by atoms with Gasteiger partial charge in [0.1, 0.15) is 5.75 Å². The summed E-state index contributed by atoms with van der Waals surface area (Å²) in [4.78, 5) is 0. The van der Waals surface area contributed by atoms with Crippen LogP contribution in [0.15, 0.2) is 46.9 Å². The normalized spacial score (nSPS) is 11.4. The molecule has 0 bridgehead atoms. The van der Waals surface area contributed by atoms with E-state index in [1.807, 2.05) is 12.1 Å². The number of methoxy groups -OCH3 is 1. The molecule has 0 radical (unpaired) electrons. The molecule has 2 heteroatoms. The summed E-state index contributed by atoms with van der Waals surface area (Å²) in [6.07, 6.45) is 0. The van der Waals surface area contributed by atoms with Crippen molar-refractivity contribution in [3.05, 3.63) is 52.5 Å². The fourth-order valence-corrected chi connectivity index (χ4v) is 2.49. The Morgan fingerprint density at radius 2 is 1.68 bits per heavy atom. The van der Waals surface area contributed by atoms with Gasteiger partial charge in [0.2, 0.25) is 0 Å². The molecule has 0 atom stereocenters. The van der Waals surface area contributed by atoms with Crippen LogP contribution in [-0.2, 0) is 5.41 Å². The SMILES string of the molecule is COc1cccc(-c2cc(Br)cc(C(C)(C)C)c2)c1. The molecule has 0 heterocycles. The molecule has 100 valence electrons. The molecule has 0 aromatic heterocycles. The van der Waals surface area contributed by atoms with E-state index in [0.717, 1.165) is 10.2 Å². The summed E-state index contributed by atoms with van der Waals surface area (Å²) in [5.41, 5.74) is 3.83. The third-order valence-corrected chi connectivity index (χ3v) is 3.62. The Labute approximate surface area is 123 Å². The Bertz CT molecular complexity index is 582. The summed E-state index contributed by atoms with van der Waals surface area (Å²) in [7, 11) is 1.70. The van der Waals surface area contributed by atoms with Crippen LogP contribution in [0.5, 0.6) is 5.75 Å². The lowest BCUT2D eigenvalue weighted by Crippen LogP contribution is -2.11. The van der Waals surface area contributed by atoms with E-state index in [-0.39, 0.29) is 5.41 Å². The summed E-state index contributed by atoms with van der Waals surface area (Å²) < 4.78 is 6.40. The van der Waals surface area contributed by atoms with Crippen molar-refractivity contribution < 1.29 is 4.74 Å². The second-order valence-electron chi connectivity index (χ2n) is 5.71. The molecule has 1 nitrogen and oxygen atoms in total. The highest BCUT2D eigenvalue weighted by molar-refractivity contribution is 9.10. The van der Waals surface area contributed by atoms with Gasteiger partial charge in [0.05, 0.1) is 7.11 Å². The zero-order valence-corrected chi connectivity index (χ0v) is 13.4. The standard InChI is InChI=1S/C17H19BrO/c1-17(2,3)14-8-13(9-15(18)11-14)12-6-5-7-16(10-12)19-4/h5-11H,1-4H3. The highest BCUT2D eigenvalue weighted by atomic mass is 79.9. The van der Waals surface area contributed by atoms with E-state index in [2.05, 4.69) is 67.0 Å². The van der Waals surface area contributed by atoms with Crippen molar-refractivity contribution in [2.75, 3.05) is 7.11 Å². The van der Waals surface area contributed by atoms with Crippen molar-refractivity contribution in [3.63, 3.8) is 0 Å². The van der Waals surface area contributed by atoms with Crippen LogP contribution in [0.4, 0.5) is 0 Å². The van der Waals surface area contributed by atoms with E-state index in [9.17, 15) is 0 Å². The van der Waals surface area contributed by atoms with Gasteiger partial charge in [-0.3, -0.25) is 0 Å². The van der Waals surface area contributed by atoms with Crippen molar-refractivity contribution in [2.45, 2.75) is 26.2 Å². The maximum Gasteiger partial charge on any atom is 0.119 e. The molecule has 2 aromatic carbocycles. The van der Waals surface area contributed by atoms with Gasteiger partial charge in [0.25, 0.3) is 0 Å². The van der Waals surface area contributed by atoms with Crippen molar-refractivity contribution >= 4 is 15.9 Å². The van der Waals surface area contributed by atoms with E-state index in [1.165, 1.54) is 16.7 Å². The van der Waals surface area contributed by atoms with Gasteiger partial charge in [-0.1, -0.05) is 54.9 Å². The minimum atomic E-state index is 0.136. The molecule has 0 saturated carbocycles. The molecular formula is C17H19BrO. The molecule has 0 aliphatic rings. The van der Waals surface area contributed by atoms with E-state index in [4.69, 9.17) is 4.74 Å². The molecule has 19 heavy (non-hydrogen) atoms. The highest BCUT2D eigenvalue weighted by Crippen LogP contribution is 2.32. The van der Waals surface area contributed by atoms with E-state index in [0.29, 0.717) is 0 Å². The first-order chi connectivity index (χ1) is 8.90. The smallest absolute Gasteiger partial charge is 0.119 e. The van der Waals surface area contributed by atoms with Gasteiger partial charge in [-0.25, -0.2) is 0 Å². The minimum Gasteiger partial charge on any atom is -0.497 e. The first kappa shape index (κ1) is 14.1. The largest absolute Gasteiger partial charge is 0.497 e. The van der Waals surface area contributed by atoms with Gasteiger partial charge in [-0.15, -0.1) is 0 Å². The molecule has 0 fully saturated rings. The summed E-state index contributed by atoms with van der Waals surface area (Å²) in [5, 5.41) is 0. The summed E-state index contributed by atoms with van der Waals surface area (Å²) >= 11 is 3.61. The second-order valence-corrected chi connectivity index (χ2v) is 6.63. The third kappa shape index (κ3) is 3.38. The molecule has 0 N–H and O–H groups in total. The van der Waals surface area contributed by atoms with Gasteiger partial charge < -0.3 is 4.74 Å². The Balaban J connectivity index is 2.53. The number of hydrogen-bond donors (Lipinski definition) is 0. The average Bonchev–Trinajstić information content (AvgIpc) is 2.37. The van der Waals surface area contributed by atoms with Crippen LogP contribution in [0.2, 0.25) is 0 Å². The van der Waals surface area contributed by atoms with Crippen molar-refractivity contribution in [3.8, 4) is 16.9 Å². The lowest BCUT2D eigenvalue weighted by Gasteiger charge is -2.20. The van der Waals surface area contributed by atoms with Crippen LogP contribution in [0, 0.1) is 0 Å². The van der Waals surface area contributed by atoms with Crippen LogP contribution in [0.25, 0.3) is 11.1 Å². The molecule has 0 spiro atoms. The van der Waals surface area contributed by atoms with E-state index >= 15 is 0 Å².